The summed E-state index contributed by atoms with van der Waals surface area (Å²) in [5, 5.41) is 0. The number of benzene rings is 1. The molecule has 1 aromatic carbocycles. The fourth-order valence-corrected chi connectivity index (χ4v) is 3.36. The number of rotatable bonds is 6. The Bertz CT molecular complexity index is 624. The van der Waals surface area contributed by atoms with Crippen molar-refractivity contribution >= 4 is 18.2 Å². The van der Waals surface area contributed by atoms with Crippen LogP contribution < -0.4 is 0 Å². The van der Waals surface area contributed by atoms with E-state index in [0.717, 1.165) is 50.2 Å². The molecule has 4 nitrogen and oxygen atoms in total. The number of hydrogen-bond acceptors (Lipinski definition) is 3. The third kappa shape index (κ3) is 4.05. The van der Waals surface area contributed by atoms with Gasteiger partial charge in [-0.2, -0.15) is 0 Å². The van der Waals surface area contributed by atoms with E-state index < -0.39 is 5.41 Å². The summed E-state index contributed by atoms with van der Waals surface area (Å²) in [6.45, 7) is 3.73. The number of nitrogens with zero attached hydrogens (tertiary/aromatic N) is 1. The van der Waals surface area contributed by atoms with E-state index in [0.29, 0.717) is 5.92 Å². The van der Waals surface area contributed by atoms with Crippen molar-refractivity contribution in [2.75, 3.05) is 13.2 Å². The topological polar surface area (TPSA) is 55.0 Å². The Morgan fingerprint density at radius 3 is 2.62 bits per heavy atom. The second-order valence-electron chi connectivity index (χ2n) is 6.59. The molecule has 5 heteroatoms. The molecular formula is C19H25ClN2O2. The summed E-state index contributed by atoms with van der Waals surface area (Å²) < 4.78 is 5.44. The van der Waals surface area contributed by atoms with Crippen LogP contribution in [0.5, 0.6) is 0 Å². The molecule has 0 bridgehead atoms. The summed E-state index contributed by atoms with van der Waals surface area (Å²) in [7, 11) is 0. The molecule has 2 heterocycles. The second-order valence-corrected chi connectivity index (χ2v) is 6.59. The van der Waals surface area contributed by atoms with Crippen molar-refractivity contribution in [3.05, 3.63) is 54.1 Å². The van der Waals surface area contributed by atoms with Crippen LogP contribution in [-0.2, 0) is 10.2 Å². The lowest BCUT2D eigenvalue weighted by Crippen LogP contribution is -2.34. The maximum absolute atomic E-state index is 13.2. The first-order valence-electron chi connectivity index (χ1n) is 8.36. The summed E-state index contributed by atoms with van der Waals surface area (Å²) in [4.78, 5) is 20.5. The Hall–Kier alpha value is -1.65. The van der Waals surface area contributed by atoms with Gasteiger partial charge in [0.25, 0.3) is 0 Å². The fourth-order valence-electron chi connectivity index (χ4n) is 3.36. The minimum atomic E-state index is -0.559. The van der Waals surface area contributed by atoms with Gasteiger partial charge in [0.1, 0.15) is 0 Å². The van der Waals surface area contributed by atoms with Crippen molar-refractivity contribution in [2.45, 2.75) is 38.0 Å². The van der Waals surface area contributed by atoms with E-state index in [2.05, 4.69) is 9.97 Å². The number of aromatic amines is 1. The molecule has 1 aliphatic rings. The molecule has 130 valence electrons. The summed E-state index contributed by atoms with van der Waals surface area (Å²) in [6.07, 6.45) is 7.49. The van der Waals surface area contributed by atoms with Crippen LogP contribution in [-0.4, -0.2) is 29.0 Å². The molecule has 1 atom stereocenters. The number of ether oxygens (including phenoxy) is 1. The number of nitrogens with one attached hydrogen (secondary N) is 1. The lowest BCUT2D eigenvalue weighted by atomic mass is 9.74. The number of ketones is 1. The van der Waals surface area contributed by atoms with E-state index in [1.807, 2.05) is 37.3 Å². The van der Waals surface area contributed by atoms with Crippen LogP contribution >= 0.6 is 12.4 Å². The normalized spacial score (nSPS) is 17.7. The standard InChI is InChI=1S/C19H24N2O2.ClH/c1-19(17-13-20-14-21-17,10-7-15-8-11-23-12-9-15)18(22)16-5-3-2-4-6-16;/h2-6,13-15H,7-12H2,1H3,(H,20,21);1H. The van der Waals surface area contributed by atoms with Gasteiger partial charge in [0.15, 0.2) is 5.78 Å². The summed E-state index contributed by atoms with van der Waals surface area (Å²) >= 11 is 0. The third-order valence-electron chi connectivity index (χ3n) is 5.02. The molecule has 24 heavy (non-hydrogen) atoms. The van der Waals surface area contributed by atoms with Gasteiger partial charge in [-0.05, 0) is 38.5 Å². The van der Waals surface area contributed by atoms with E-state index in [1.165, 1.54) is 0 Å². The Morgan fingerprint density at radius 2 is 2.00 bits per heavy atom. The van der Waals surface area contributed by atoms with E-state index in [9.17, 15) is 4.79 Å². The highest BCUT2D eigenvalue weighted by atomic mass is 35.5. The molecular weight excluding hydrogens is 324 g/mol. The van der Waals surface area contributed by atoms with Gasteiger partial charge in [-0.15, -0.1) is 12.4 Å². The lowest BCUT2D eigenvalue weighted by Gasteiger charge is -2.30. The van der Waals surface area contributed by atoms with E-state index in [1.54, 1.807) is 12.5 Å². The summed E-state index contributed by atoms with van der Waals surface area (Å²) in [5.41, 5.74) is 1.10. The highest BCUT2D eigenvalue weighted by molar-refractivity contribution is 6.03. The number of hydrogen-bond donors (Lipinski definition) is 1. The molecule has 0 radical (unpaired) electrons. The summed E-state index contributed by atoms with van der Waals surface area (Å²) in [5.74, 6) is 0.809. The van der Waals surface area contributed by atoms with Gasteiger partial charge in [0.05, 0.1) is 11.7 Å². The van der Waals surface area contributed by atoms with Crippen LogP contribution in [0.2, 0.25) is 0 Å². The maximum Gasteiger partial charge on any atom is 0.174 e. The molecule has 0 amide bonds. The van der Waals surface area contributed by atoms with Crippen molar-refractivity contribution in [1.82, 2.24) is 9.97 Å². The van der Waals surface area contributed by atoms with Crippen LogP contribution in [0, 0.1) is 5.92 Å². The Morgan fingerprint density at radius 1 is 1.29 bits per heavy atom. The van der Waals surface area contributed by atoms with Gasteiger partial charge < -0.3 is 9.72 Å². The van der Waals surface area contributed by atoms with Gasteiger partial charge in [-0.3, -0.25) is 4.79 Å². The molecule has 1 saturated heterocycles. The first-order valence-corrected chi connectivity index (χ1v) is 8.36. The second kappa shape index (κ2) is 8.45. The predicted molar refractivity (Wildman–Crippen MR) is 96.7 cm³/mol. The van der Waals surface area contributed by atoms with Crippen LogP contribution in [0.15, 0.2) is 42.9 Å². The molecule has 1 fully saturated rings. The molecule has 1 N–H and O–H groups in total. The Kier molecular flexibility index (Phi) is 6.58. The zero-order chi connectivity index (χ0) is 16.1. The smallest absolute Gasteiger partial charge is 0.174 e. The third-order valence-corrected chi connectivity index (χ3v) is 5.02. The number of halogens is 1. The van der Waals surface area contributed by atoms with Crippen LogP contribution in [0.1, 0.15) is 48.7 Å². The molecule has 2 aromatic rings. The average Bonchev–Trinajstić information content (AvgIpc) is 3.16. The van der Waals surface area contributed by atoms with Crippen molar-refractivity contribution < 1.29 is 9.53 Å². The molecule has 1 aromatic heterocycles. The molecule has 1 unspecified atom stereocenters. The Labute approximate surface area is 149 Å². The zero-order valence-corrected chi connectivity index (χ0v) is 14.8. The molecule has 0 aliphatic carbocycles. The van der Waals surface area contributed by atoms with Crippen molar-refractivity contribution in [2.24, 2.45) is 5.92 Å². The minimum absolute atomic E-state index is 0. The van der Waals surface area contributed by atoms with Crippen LogP contribution in [0.3, 0.4) is 0 Å². The van der Waals surface area contributed by atoms with Crippen LogP contribution in [0.25, 0.3) is 0 Å². The first kappa shape index (κ1) is 18.7. The number of aromatic nitrogens is 2. The van der Waals surface area contributed by atoms with Gasteiger partial charge in [0.2, 0.25) is 0 Å². The number of imidazole rings is 1. The maximum atomic E-state index is 13.2. The monoisotopic (exact) mass is 348 g/mol. The minimum Gasteiger partial charge on any atom is -0.381 e. The van der Waals surface area contributed by atoms with Crippen molar-refractivity contribution in [1.29, 1.82) is 0 Å². The van der Waals surface area contributed by atoms with Crippen LogP contribution in [0.4, 0.5) is 0 Å². The van der Waals surface area contributed by atoms with Crippen molar-refractivity contribution in [3.8, 4) is 0 Å². The number of Topliss-reactive ketones (excluding diaryl/α,β-unsaturated/α-hetero) is 1. The summed E-state index contributed by atoms with van der Waals surface area (Å²) in [6, 6.07) is 9.56. The first-order chi connectivity index (χ1) is 11.2. The molecule has 0 spiro atoms. The van der Waals surface area contributed by atoms with E-state index in [4.69, 9.17) is 4.74 Å². The van der Waals surface area contributed by atoms with E-state index >= 15 is 0 Å². The van der Waals surface area contributed by atoms with Gasteiger partial charge in [-0.25, -0.2) is 4.98 Å². The molecule has 1 aliphatic heterocycles. The molecule has 3 rings (SSSR count). The fraction of sp³-hybridized carbons (Fsp3) is 0.474. The highest BCUT2D eigenvalue weighted by Crippen LogP contribution is 2.34. The number of H-pyrrole nitrogens is 1. The zero-order valence-electron chi connectivity index (χ0n) is 14.0. The molecule has 0 saturated carbocycles. The lowest BCUT2D eigenvalue weighted by molar-refractivity contribution is 0.0601. The Balaban J connectivity index is 0.00000208. The average molecular weight is 349 g/mol. The van der Waals surface area contributed by atoms with E-state index in [-0.39, 0.29) is 18.2 Å². The van der Waals surface area contributed by atoms with Gasteiger partial charge in [0, 0.05) is 30.7 Å². The largest absolute Gasteiger partial charge is 0.381 e. The quantitative estimate of drug-likeness (QED) is 0.797. The highest BCUT2D eigenvalue weighted by Gasteiger charge is 2.37. The van der Waals surface area contributed by atoms with Gasteiger partial charge >= 0.3 is 0 Å². The predicted octanol–water partition coefficient (Wildman–Crippen LogP) is 4.18. The van der Waals surface area contributed by atoms with Gasteiger partial charge in [-0.1, -0.05) is 30.3 Å². The number of carbonyl (C=O) groups excluding carboxylic acids is 1. The van der Waals surface area contributed by atoms with Crippen molar-refractivity contribution in [3.63, 3.8) is 0 Å². The SMILES string of the molecule is CC(CCC1CCOCC1)(C(=O)c1ccccc1)c1cnc[nH]1.Cl. The number of carbonyl (C=O) groups is 1.